The van der Waals surface area contributed by atoms with Gasteiger partial charge in [-0.25, -0.2) is 22.9 Å². The first-order valence-electron chi connectivity index (χ1n) is 8.39. The molecule has 0 aliphatic heterocycles. The summed E-state index contributed by atoms with van der Waals surface area (Å²) in [5.74, 6) is -0.298. The van der Waals surface area contributed by atoms with Crippen LogP contribution in [-0.4, -0.2) is 24.4 Å². The van der Waals surface area contributed by atoms with Crippen LogP contribution in [0.3, 0.4) is 0 Å². The molecule has 0 saturated carbocycles. The maximum Gasteiger partial charge on any atom is 0.335 e. The van der Waals surface area contributed by atoms with E-state index in [4.69, 9.17) is 39.5 Å². The van der Waals surface area contributed by atoms with Gasteiger partial charge in [-0.3, -0.25) is 15.1 Å². The van der Waals surface area contributed by atoms with E-state index < -0.39 is 21.6 Å². The van der Waals surface area contributed by atoms with Crippen molar-refractivity contribution in [3.8, 4) is 11.5 Å². The summed E-state index contributed by atoms with van der Waals surface area (Å²) in [6.45, 7) is 1.46. The number of carbonyl (C=O) groups is 1. The van der Waals surface area contributed by atoms with Crippen LogP contribution in [-0.2, 0) is 10.0 Å². The van der Waals surface area contributed by atoms with Gasteiger partial charge in [0.05, 0.1) is 15.7 Å². The quantitative estimate of drug-likeness (QED) is 0.475. The Morgan fingerprint density at radius 1 is 1.10 bits per heavy atom. The Kier molecular flexibility index (Phi) is 6.75. The number of rotatable bonds is 5. The third kappa shape index (κ3) is 5.47. The van der Waals surface area contributed by atoms with E-state index in [0.717, 1.165) is 0 Å². The second kappa shape index (κ2) is 9.15. The zero-order chi connectivity index (χ0) is 22.8. The molecule has 0 aliphatic carbocycles. The van der Waals surface area contributed by atoms with Crippen molar-refractivity contribution in [3.63, 3.8) is 0 Å². The molecule has 0 bridgehead atoms. The Morgan fingerprint density at radius 2 is 1.81 bits per heavy atom. The molecule has 3 rings (SSSR count). The Hall–Kier alpha value is -2.79. The fourth-order valence-corrected chi connectivity index (χ4v) is 4.27. The molecule has 0 radical (unpaired) electrons. The molecular weight excluding hydrogens is 491 g/mol. The zero-order valence-corrected chi connectivity index (χ0v) is 18.7. The summed E-state index contributed by atoms with van der Waals surface area (Å²) >= 11 is 17.7. The zero-order valence-electron chi connectivity index (χ0n) is 15.6. The number of nitrogens with zero attached hydrogens (tertiary/aromatic N) is 1. The Labute approximate surface area is 191 Å². The van der Waals surface area contributed by atoms with Gasteiger partial charge < -0.3 is 4.74 Å². The van der Waals surface area contributed by atoms with Crippen molar-refractivity contribution in [2.24, 2.45) is 0 Å². The summed E-state index contributed by atoms with van der Waals surface area (Å²) in [5, 5.41) is 2.64. The van der Waals surface area contributed by atoms with E-state index in [1.54, 1.807) is 10.8 Å². The number of H-pyrrole nitrogens is 1. The van der Waals surface area contributed by atoms with E-state index in [0.29, 0.717) is 5.02 Å². The fraction of sp³-hybridized carbons (Fsp3) is 0.0556. The number of carbonyl (C=O) groups excluding carboxylic acids is 1. The molecule has 3 N–H and O–H groups in total. The first kappa shape index (κ1) is 22.9. The molecule has 9 nitrogen and oxygen atoms in total. The van der Waals surface area contributed by atoms with Crippen LogP contribution in [0, 0.1) is 6.92 Å². The number of ether oxygens (including phenoxy) is 1. The molecule has 13 heteroatoms. The number of urea groups is 1. The van der Waals surface area contributed by atoms with Gasteiger partial charge in [0.1, 0.15) is 10.6 Å². The number of aromatic nitrogens is 2. The third-order valence-corrected chi connectivity index (χ3v) is 6.10. The summed E-state index contributed by atoms with van der Waals surface area (Å²) in [7, 11) is -4.25. The largest absolute Gasteiger partial charge is 0.448 e. The molecule has 0 atom stereocenters. The van der Waals surface area contributed by atoms with Crippen molar-refractivity contribution < 1.29 is 17.9 Å². The molecule has 3 aromatic rings. The van der Waals surface area contributed by atoms with Gasteiger partial charge in [-0.2, -0.15) is 0 Å². The smallest absolute Gasteiger partial charge is 0.335 e. The number of amides is 2. The predicted molar refractivity (Wildman–Crippen MR) is 117 cm³/mol. The lowest BCUT2D eigenvalue weighted by Crippen LogP contribution is -2.35. The van der Waals surface area contributed by atoms with Crippen LogP contribution in [0.1, 0.15) is 5.69 Å². The average molecular weight is 504 g/mol. The molecule has 2 amide bonds. The molecule has 0 saturated heterocycles. The molecule has 2 aromatic carbocycles. The number of hydrogen-bond donors (Lipinski definition) is 3. The molecular formula is C18H13Cl3N4O5S. The van der Waals surface area contributed by atoms with Gasteiger partial charge >= 0.3 is 6.03 Å². The highest BCUT2D eigenvalue weighted by Gasteiger charge is 2.21. The number of benzene rings is 2. The molecule has 0 aliphatic rings. The maximum absolute atomic E-state index is 12.4. The van der Waals surface area contributed by atoms with Gasteiger partial charge in [0.25, 0.3) is 15.6 Å². The highest BCUT2D eigenvalue weighted by Crippen LogP contribution is 2.31. The van der Waals surface area contributed by atoms with Crippen molar-refractivity contribution in [3.05, 3.63) is 73.6 Å². The van der Waals surface area contributed by atoms with E-state index in [2.05, 4.69) is 15.3 Å². The van der Waals surface area contributed by atoms with Crippen molar-refractivity contribution >= 4 is 56.8 Å². The second-order valence-corrected chi connectivity index (χ2v) is 8.90. The molecule has 1 heterocycles. The summed E-state index contributed by atoms with van der Waals surface area (Å²) in [6.07, 6.45) is 0. The molecule has 0 unspecified atom stereocenters. The van der Waals surface area contributed by atoms with E-state index in [9.17, 15) is 18.0 Å². The van der Waals surface area contributed by atoms with Gasteiger partial charge in [0, 0.05) is 5.02 Å². The van der Waals surface area contributed by atoms with E-state index >= 15 is 0 Å². The minimum atomic E-state index is -4.25. The molecule has 0 fully saturated rings. The van der Waals surface area contributed by atoms with Gasteiger partial charge in [-0.05, 0) is 37.3 Å². The standard InChI is InChI=1S/C18H13Cl3N4O5S/c1-9-15(30-13-7-6-10(19)8-12(13)21)16(26)23-17(22-9)24-18(27)25-31(28,29)14-5-3-2-4-11(14)20/h2-8H,1H3,(H3,22,23,24,25,26,27). The Balaban J connectivity index is 1.78. The van der Waals surface area contributed by atoms with Crippen LogP contribution in [0.25, 0.3) is 0 Å². The van der Waals surface area contributed by atoms with Crippen LogP contribution in [0.5, 0.6) is 11.5 Å². The first-order valence-corrected chi connectivity index (χ1v) is 11.0. The minimum Gasteiger partial charge on any atom is -0.448 e. The predicted octanol–water partition coefficient (Wildman–Crippen LogP) is 4.34. The second-order valence-electron chi connectivity index (χ2n) is 6.00. The number of anilines is 1. The highest BCUT2D eigenvalue weighted by molar-refractivity contribution is 7.90. The molecule has 162 valence electrons. The monoisotopic (exact) mass is 502 g/mol. The Morgan fingerprint density at radius 3 is 2.45 bits per heavy atom. The summed E-state index contributed by atoms with van der Waals surface area (Å²) in [6, 6.07) is 8.87. The number of aryl methyl sites for hydroxylation is 1. The van der Waals surface area contributed by atoms with E-state index in [-0.39, 0.29) is 38.1 Å². The molecule has 1 aromatic heterocycles. The average Bonchev–Trinajstić information content (AvgIpc) is 2.65. The van der Waals surface area contributed by atoms with Gasteiger partial charge in [0.15, 0.2) is 0 Å². The van der Waals surface area contributed by atoms with Gasteiger partial charge in [0.2, 0.25) is 11.7 Å². The number of hydrogen-bond acceptors (Lipinski definition) is 6. The van der Waals surface area contributed by atoms with Crippen molar-refractivity contribution in [1.82, 2.24) is 14.7 Å². The van der Waals surface area contributed by atoms with Crippen LogP contribution >= 0.6 is 34.8 Å². The number of halogens is 3. The number of sulfonamides is 1. The van der Waals surface area contributed by atoms with Gasteiger partial charge in [-0.15, -0.1) is 0 Å². The minimum absolute atomic E-state index is 0.0625. The van der Waals surface area contributed by atoms with Gasteiger partial charge in [-0.1, -0.05) is 46.9 Å². The summed E-state index contributed by atoms with van der Waals surface area (Å²) in [4.78, 5) is 30.5. The lowest BCUT2D eigenvalue weighted by Gasteiger charge is -2.12. The number of nitrogens with one attached hydrogen (secondary N) is 3. The fourth-order valence-electron chi connectivity index (χ4n) is 2.40. The first-order chi connectivity index (χ1) is 14.6. The normalized spacial score (nSPS) is 11.1. The van der Waals surface area contributed by atoms with E-state index in [1.165, 1.54) is 43.3 Å². The third-order valence-electron chi connectivity index (χ3n) is 3.74. The van der Waals surface area contributed by atoms with Crippen LogP contribution in [0.2, 0.25) is 15.1 Å². The summed E-state index contributed by atoms with van der Waals surface area (Å²) in [5.41, 5.74) is -0.623. The van der Waals surface area contributed by atoms with Crippen LogP contribution in [0.15, 0.2) is 52.2 Å². The Bertz CT molecular complexity index is 1330. The van der Waals surface area contributed by atoms with Crippen LogP contribution < -0.4 is 20.3 Å². The topological polar surface area (TPSA) is 130 Å². The lowest BCUT2D eigenvalue weighted by atomic mass is 10.3. The molecule has 31 heavy (non-hydrogen) atoms. The van der Waals surface area contributed by atoms with Crippen molar-refractivity contribution in [2.45, 2.75) is 11.8 Å². The summed E-state index contributed by atoms with van der Waals surface area (Å²) < 4.78 is 31.9. The highest BCUT2D eigenvalue weighted by atomic mass is 35.5. The number of aromatic amines is 1. The van der Waals surface area contributed by atoms with E-state index in [1.807, 2.05) is 0 Å². The lowest BCUT2D eigenvalue weighted by molar-refractivity contribution is 0.256. The SMILES string of the molecule is Cc1nc(NC(=O)NS(=O)(=O)c2ccccc2Cl)[nH]c(=O)c1Oc1ccc(Cl)cc1Cl. The van der Waals surface area contributed by atoms with Crippen molar-refractivity contribution in [2.75, 3.05) is 5.32 Å². The van der Waals surface area contributed by atoms with Crippen molar-refractivity contribution in [1.29, 1.82) is 0 Å². The molecule has 0 spiro atoms. The maximum atomic E-state index is 12.4. The van der Waals surface area contributed by atoms with Crippen LogP contribution in [0.4, 0.5) is 10.7 Å².